The number of hydrogen-bond acceptors (Lipinski definition) is 3. The molecule has 2 fully saturated rings. The van der Waals surface area contributed by atoms with Crippen LogP contribution >= 0.6 is 0 Å². The van der Waals surface area contributed by atoms with Crippen LogP contribution in [-0.2, 0) is 0 Å². The van der Waals surface area contributed by atoms with E-state index in [0.717, 1.165) is 36.2 Å². The van der Waals surface area contributed by atoms with Crippen LogP contribution in [0, 0.1) is 5.92 Å². The smallest absolute Gasteiger partial charge is 0.335 e. The Morgan fingerprint density at radius 1 is 0.862 bits per heavy atom. The number of benzene rings is 2. The third-order valence-electron chi connectivity index (χ3n) is 6.92. The fourth-order valence-corrected chi connectivity index (χ4v) is 4.93. The van der Waals surface area contributed by atoms with E-state index in [-0.39, 0.29) is 0 Å². The Balaban J connectivity index is 1.33. The summed E-state index contributed by atoms with van der Waals surface area (Å²) >= 11 is 0. The third-order valence-corrected chi connectivity index (χ3v) is 6.92. The maximum absolute atomic E-state index is 11.0. The molecular weight excluding hydrogens is 360 g/mol. The molecule has 2 aliphatic rings. The molecule has 154 valence electrons. The van der Waals surface area contributed by atoms with E-state index in [0.29, 0.717) is 5.56 Å². The van der Waals surface area contributed by atoms with E-state index in [1.165, 1.54) is 50.9 Å². The van der Waals surface area contributed by atoms with E-state index >= 15 is 0 Å². The molecule has 0 amide bonds. The average Bonchev–Trinajstić information content (AvgIpc) is 2.79. The van der Waals surface area contributed by atoms with Crippen molar-refractivity contribution in [1.82, 2.24) is 4.90 Å². The van der Waals surface area contributed by atoms with Gasteiger partial charge in [-0.2, -0.15) is 0 Å². The Morgan fingerprint density at radius 3 is 1.93 bits per heavy atom. The molecule has 1 aliphatic heterocycles. The molecule has 4 nitrogen and oxygen atoms in total. The Bertz CT molecular complexity index is 800. The molecule has 1 aliphatic carbocycles. The van der Waals surface area contributed by atoms with Crippen molar-refractivity contribution >= 4 is 11.7 Å². The van der Waals surface area contributed by atoms with Crippen molar-refractivity contribution in [2.75, 3.05) is 31.1 Å². The second kappa shape index (κ2) is 9.00. The van der Waals surface area contributed by atoms with Crippen molar-refractivity contribution in [3.8, 4) is 11.1 Å². The number of aromatic carboxylic acids is 1. The topological polar surface area (TPSA) is 43.8 Å². The lowest BCUT2D eigenvalue weighted by Gasteiger charge is -2.42. The van der Waals surface area contributed by atoms with Crippen LogP contribution in [0.3, 0.4) is 0 Å². The lowest BCUT2D eigenvalue weighted by atomic mass is 9.84. The van der Waals surface area contributed by atoms with E-state index in [1.807, 2.05) is 12.1 Å². The Morgan fingerprint density at radius 2 is 1.41 bits per heavy atom. The third kappa shape index (κ3) is 4.64. The molecule has 0 aromatic heterocycles. The SMILES string of the molecule is CCC1CCC(N2CCN(c3ccc(-c4ccc(C(=O)O)cc4)cc3)CC2)CC1. The maximum Gasteiger partial charge on any atom is 0.335 e. The predicted octanol–water partition coefficient (Wildman–Crippen LogP) is 5.14. The van der Waals surface area contributed by atoms with Gasteiger partial charge in [-0.15, -0.1) is 0 Å². The molecular formula is C25H32N2O2. The molecule has 4 rings (SSSR count). The fourth-order valence-electron chi connectivity index (χ4n) is 4.93. The van der Waals surface area contributed by atoms with Crippen molar-refractivity contribution in [3.05, 3.63) is 54.1 Å². The van der Waals surface area contributed by atoms with Gasteiger partial charge in [-0.1, -0.05) is 37.6 Å². The Labute approximate surface area is 174 Å². The molecule has 2 aromatic rings. The van der Waals surface area contributed by atoms with E-state index in [1.54, 1.807) is 12.1 Å². The van der Waals surface area contributed by atoms with Gasteiger partial charge in [0.1, 0.15) is 0 Å². The molecule has 4 heteroatoms. The van der Waals surface area contributed by atoms with Crippen LogP contribution in [0.25, 0.3) is 11.1 Å². The first-order valence-electron chi connectivity index (χ1n) is 11.1. The van der Waals surface area contributed by atoms with E-state index in [2.05, 4.69) is 41.0 Å². The molecule has 0 unspecified atom stereocenters. The van der Waals surface area contributed by atoms with Gasteiger partial charge in [0, 0.05) is 37.9 Å². The predicted molar refractivity (Wildman–Crippen MR) is 119 cm³/mol. The molecule has 0 radical (unpaired) electrons. The second-order valence-electron chi connectivity index (χ2n) is 8.54. The molecule has 0 spiro atoms. The number of hydrogen-bond donors (Lipinski definition) is 1. The highest BCUT2D eigenvalue weighted by Crippen LogP contribution is 2.31. The highest BCUT2D eigenvalue weighted by Gasteiger charge is 2.27. The largest absolute Gasteiger partial charge is 0.478 e. The van der Waals surface area contributed by atoms with E-state index in [9.17, 15) is 4.79 Å². The molecule has 1 saturated heterocycles. The normalized spacial score (nSPS) is 23.1. The van der Waals surface area contributed by atoms with Crippen LogP contribution in [0.5, 0.6) is 0 Å². The first-order chi connectivity index (χ1) is 14.1. The van der Waals surface area contributed by atoms with Gasteiger partial charge < -0.3 is 10.0 Å². The van der Waals surface area contributed by atoms with Crippen LogP contribution in [-0.4, -0.2) is 48.2 Å². The summed E-state index contributed by atoms with van der Waals surface area (Å²) in [5.74, 6) is 0.0795. The summed E-state index contributed by atoms with van der Waals surface area (Å²) in [6.07, 6.45) is 6.94. The van der Waals surface area contributed by atoms with Gasteiger partial charge in [-0.25, -0.2) is 4.79 Å². The highest BCUT2D eigenvalue weighted by atomic mass is 16.4. The minimum absolute atomic E-state index is 0.325. The zero-order valence-corrected chi connectivity index (χ0v) is 17.4. The quantitative estimate of drug-likeness (QED) is 0.765. The highest BCUT2D eigenvalue weighted by molar-refractivity contribution is 5.88. The molecule has 2 aromatic carbocycles. The zero-order valence-electron chi connectivity index (χ0n) is 17.4. The monoisotopic (exact) mass is 392 g/mol. The maximum atomic E-state index is 11.0. The van der Waals surface area contributed by atoms with Crippen molar-refractivity contribution in [3.63, 3.8) is 0 Å². The lowest BCUT2D eigenvalue weighted by molar-refractivity contribution is 0.0697. The Kier molecular flexibility index (Phi) is 6.19. The number of piperazine rings is 1. The number of carboxylic acids is 1. The summed E-state index contributed by atoms with van der Waals surface area (Å²) < 4.78 is 0. The summed E-state index contributed by atoms with van der Waals surface area (Å²) in [6.45, 7) is 6.86. The van der Waals surface area contributed by atoms with Crippen LogP contribution in [0.15, 0.2) is 48.5 Å². The molecule has 1 heterocycles. The number of nitrogens with zero attached hydrogens (tertiary/aromatic N) is 2. The summed E-state index contributed by atoms with van der Waals surface area (Å²) in [6, 6.07) is 16.6. The molecule has 1 saturated carbocycles. The van der Waals surface area contributed by atoms with Gasteiger partial charge in [0.25, 0.3) is 0 Å². The average molecular weight is 393 g/mol. The van der Waals surface area contributed by atoms with E-state index < -0.39 is 5.97 Å². The Hall–Kier alpha value is -2.33. The van der Waals surface area contributed by atoms with Crippen LogP contribution < -0.4 is 4.90 Å². The molecule has 1 N–H and O–H groups in total. The summed E-state index contributed by atoms with van der Waals surface area (Å²) in [5.41, 5.74) is 3.78. The van der Waals surface area contributed by atoms with Gasteiger partial charge >= 0.3 is 5.97 Å². The van der Waals surface area contributed by atoms with Crippen LogP contribution in [0.4, 0.5) is 5.69 Å². The van der Waals surface area contributed by atoms with Crippen LogP contribution in [0.1, 0.15) is 49.4 Å². The first-order valence-corrected chi connectivity index (χ1v) is 11.1. The summed E-state index contributed by atoms with van der Waals surface area (Å²) in [4.78, 5) is 16.2. The number of carbonyl (C=O) groups is 1. The molecule has 0 atom stereocenters. The second-order valence-corrected chi connectivity index (χ2v) is 8.54. The molecule has 0 bridgehead atoms. The standard InChI is InChI=1S/C25H32N2O2/c1-2-19-3-11-23(12-4-19)26-15-17-27(18-16-26)24-13-9-21(10-14-24)20-5-7-22(8-6-20)25(28)29/h5-10,13-14,19,23H,2-4,11-12,15-18H2,1H3,(H,28,29). The molecule has 29 heavy (non-hydrogen) atoms. The summed E-state index contributed by atoms with van der Waals surface area (Å²) in [7, 11) is 0. The van der Waals surface area contributed by atoms with Crippen molar-refractivity contribution in [1.29, 1.82) is 0 Å². The fraction of sp³-hybridized carbons (Fsp3) is 0.480. The number of carboxylic acid groups (broad SMARTS) is 1. The van der Waals surface area contributed by atoms with Gasteiger partial charge in [-0.3, -0.25) is 4.90 Å². The van der Waals surface area contributed by atoms with Gasteiger partial charge in [0.05, 0.1) is 5.56 Å². The van der Waals surface area contributed by atoms with Gasteiger partial charge in [0.15, 0.2) is 0 Å². The minimum Gasteiger partial charge on any atom is -0.478 e. The summed E-state index contributed by atoms with van der Waals surface area (Å²) in [5, 5.41) is 9.04. The zero-order chi connectivity index (χ0) is 20.2. The van der Waals surface area contributed by atoms with E-state index in [4.69, 9.17) is 5.11 Å². The van der Waals surface area contributed by atoms with Crippen LogP contribution in [0.2, 0.25) is 0 Å². The number of anilines is 1. The van der Waals surface area contributed by atoms with Crippen molar-refractivity contribution in [2.24, 2.45) is 5.92 Å². The minimum atomic E-state index is -0.885. The van der Waals surface area contributed by atoms with Crippen molar-refractivity contribution in [2.45, 2.75) is 45.1 Å². The van der Waals surface area contributed by atoms with Gasteiger partial charge in [0.2, 0.25) is 0 Å². The van der Waals surface area contributed by atoms with Gasteiger partial charge in [-0.05, 0) is 67.0 Å². The first kappa shape index (κ1) is 20.0. The number of rotatable bonds is 5. The van der Waals surface area contributed by atoms with Crippen molar-refractivity contribution < 1.29 is 9.90 Å². The lowest BCUT2D eigenvalue weighted by Crippen LogP contribution is -2.51.